The highest BCUT2D eigenvalue weighted by Gasteiger charge is 2.35. The summed E-state index contributed by atoms with van der Waals surface area (Å²) in [5.41, 5.74) is 1.02. The van der Waals surface area contributed by atoms with Gasteiger partial charge in [0.1, 0.15) is 23.9 Å². The predicted octanol–water partition coefficient (Wildman–Crippen LogP) is 5.66. The molecule has 1 unspecified atom stereocenters. The van der Waals surface area contributed by atoms with Crippen LogP contribution in [0.5, 0.6) is 17.2 Å². The molecule has 2 aliphatic rings. The number of likely N-dealkylation sites (tertiary alicyclic amines) is 1. The Bertz CT molecular complexity index is 1160. The third-order valence-electron chi connectivity index (χ3n) is 6.52. The highest BCUT2D eigenvalue weighted by molar-refractivity contribution is 6.30. The zero-order valence-electron chi connectivity index (χ0n) is 19.4. The van der Waals surface area contributed by atoms with Crippen LogP contribution in [0.15, 0.2) is 72.8 Å². The van der Waals surface area contributed by atoms with E-state index in [4.69, 9.17) is 21.1 Å². The van der Waals surface area contributed by atoms with Crippen LogP contribution in [-0.4, -0.2) is 53.9 Å². The maximum Gasteiger partial charge on any atom is 0.261 e. The van der Waals surface area contributed by atoms with Crippen molar-refractivity contribution in [2.24, 2.45) is 0 Å². The van der Waals surface area contributed by atoms with Crippen LogP contribution >= 0.6 is 11.6 Å². The number of carbonyl (C=O) groups is 2. The summed E-state index contributed by atoms with van der Waals surface area (Å²) in [6.07, 6.45) is 2.94. The van der Waals surface area contributed by atoms with E-state index in [0.717, 1.165) is 49.6 Å². The smallest absolute Gasteiger partial charge is 0.261 e. The maximum absolute atomic E-state index is 12.6. The fourth-order valence-electron chi connectivity index (χ4n) is 4.69. The molecule has 0 N–H and O–H groups in total. The van der Waals surface area contributed by atoms with Crippen LogP contribution in [0.3, 0.4) is 0 Å². The topological polar surface area (TPSA) is 59.1 Å². The number of hydrogen-bond acceptors (Lipinski definition) is 5. The molecule has 7 heteroatoms. The Labute approximate surface area is 210 Å². The van der Waals surface area contributed by atoms with Gasteiger partial charge in [-0.3, -0.25) is 19.4 Å². The van der Waals surface area contributed by atoms with E-state index < -0.39 is 0 Å². The minimum atomic E-state index is -0.185. The lowest BCUT2D eigenvalue weighted by atomic mass is 10.1. The minimum Gasteiger partial charge on any atom is -0.492 e. The first-order valence-corrected chi connectivity index (χ1v) is 12.3. The number of ether oxygens (including phenoxy) is 2. The van der Waals surface area contributed by atoms with E-state index in [2.05, 4.69) is 4.90 Å². The van der Waals surface area contributed by atoms with Gasteiger partial charge in [-0.05, 0) is 86.5 Å². The van der Waals surface area contributed by atoms with E-state index in [1.807, 2.05) is 36.4 Å². The average molecular weight is 491 g/mol. The van der Waals surface area contributed by atoms with E-state index in [-0.39, 0.29) is 11.8 Å². The molecule has 2 aliphatic heterocycles. The van der Waals surface area contributed by atoms with Crippen LogP contribution < -0.4 is 9.47 Å². The molecule has 35 heavy (non-hydrogen) atoms. The number of benzene rings is 3. The van der Waals surface area contributed by atoms with E-state index in [9.17, 15) is 9.59 Å². The second-order valence-electron chi connectivity index (χ2n) is 8.83. The fourth-order valence-corrected chi connectivity index (χ4v) is 4.81. The maximum atomic E-state index is 12.6. The van der Waals surface area contributed by atoms with Crippen LogP contribution in [0.25, 0.3) is 0 Å². The number of rotatable bonds is 9. The van der Waals surface area contributed by atoms with Crippen LogP contribution in [0, 0.1) is 0 Å². The van der Waals surface area contributed by atoms with Gasteiger partial charge in [0.05, 0.1) is 11.1 Å². The second-order valence-corrected chi connectivity index (χ2v) is 9.27. The van der Waals surface area contributed by atoms with E-state index in [1.54, 1.807) is 36.4 Å². The summed E-state index contributed by atoms with van der Waals surface area (Å²) in [7, 11) is 0. The van der Waals surface area contributed by atoms with Crippen molar-refractivity contribution in [2.45, 2.75) is 25.3 Å². The summed E-state index contributed by atoms with van der Waals surface area (Å²) < 4.78 is 11.9. The third kappa shape index (κ3) is 5.34. The second kappa shape index (κ2) is 10.5. The Morgan fingerprint density at radius 1 is 0.800 bits per heavy atom. The number of nitrogens with zero attached hydrogens (tertiary/aromatic N) is 2. The average Bonchev–Trinajstić information content (AvgIpc) is 3.43. The quantitative estimate of drug-likeness (QED) is 0.362. The molecule has 2 heterocycles. The van der Waals surface area contributed by atoms with Gasteiger partial charge in [-0.2, -0.15) is 0 Å². The Morgan fingerprint density at radius 3 is 2.06 bits per heavy atom. The minimum absolute atomic E-state index is 0.185. The van der Waals surface area contributed by atoms with Crippen molar-refractivity contribution >= 4 is 23.4 Å². The third-order valence-corrected chi connectivity index (χ3v) is 6.77. The zero-order chi connectivity index (χ0) is 24.2. The predicted molar refractivity (Wildman–Crippen MR) is 134 cm³/mol. The molecule has 0 saturated carbocycles. The summed E-state index contributed by atoms with van der Waals surface area (Å²) >= 11 is 5.92. The molecule has 0 spiro atoms. The number of halogens is 1. The number of carbonyl (C=O) groups excluding carboxylic acids is 2. The molecule has 0 aliphatic carbocycles. The normalized spacial score (nSPS) is 17.6. The van der Waals surface area contributed by atoms with Gasteiger partial charge in [0.15, 0.2) is 0 Å². The first-order valence-electron chi connectivity index (χ1n) is 11.9. The van der Waals surface area contributed by atoms with Crippen molar-refractivity contribution in [3.63, 3.8) is 0 Å². The Hall–Kier alpha value is -3.35. The molecule has 0 aromatic heterocycles. The molecule has 0 radical (unpaired) electrons. The van der Waals surface area contributed by atoms with Crippen molar-refractivity contribution in [2.75, 3.05) is 26.2 Å². The Morgan fingerprint density at radius 2 is 1.40 bits per heavy atom. The summed E-state index contributed by atoms with van der Waals surface area (Å²) in [4.78, 5) is 28.9. The molecule has 180 valence electrons. The van der Waals surface area contributed by atoms with Crippen molar-refractivity contribution in [1.82, 2.24) is 9.80 Å². The van der Waals surface area contributed by atoms with Crippen molar-refractivity contribution in [3.05, 3.63) is 88.9 Å². The highest BCUT2D eigenvalue weighted by atomic mass is 35.5. The summed E-state index contributed by atoms with van der Waals surface area (Å²) in [5, 5.41) is 0.672. The molecule has 1 atom stereocenters. The van der Waals surface area contributed by atoms with E-state index in [0.29, 0.717) is 35.3 Å². The van der Waals surface area contributed by atoms with Crippen molar-refractivity contribution in [3.8, 4) is 17.2 Å². The molecule has 3 aromatic rings. The molecule has 6 nitrogen and oxygen atoms in total. The van der Waals surface area contributed by atoms with Gasteiger partial charge in [-0.15, -0.1) is 0 Å². The standard InChI is InChI=1S/C28H27ClN2O4/c29-20-8-10-23(11-9-20)35-24-14-12-22(13-15-24)34-19-21-5-3-16-30(21)17-4-18-31-27(32)25-6-1-2-7-26(25)28(31)33/h1-2,6-15,21H,3-5,16-19H2. The van der Waals surface area contributed by atoms with Crippen LogP contribution in [0.2, 0.25) is 5.02 Å². The monoisotopic (exact) mass is 490 g/mol. The summed E-state index contributed by atoms with van der Waals surface area (Å²) in [6, 6.07) is 22.2. The highest BCUT2D eigenvalue weighted by Crippen LogP contribution is 2.26. The SMILES string of the molecule is O=C1c2ccccc2C(=O)N1CCCN1CCCC1COc1ccc(Oc2ccc(Cl)cc2)cc1. The van der Waals surface area contributed by atoms with E-state index in [1.165, 1.54) is 4.90 Å². The molecule has 2 amide bonds. The molecule has 1 fully saturated rings. The Balaban J connectivity index is 1.08. The van der Waals surface area contributed by atoms with Gasteiger partial charge < -0.3 is 9.47 Å². The molecule has 3 aromatic carbocycles. The fraction of sp³-hybridized carbons (Fsp3) is 0.286. The van der Waals surface area contributed by atoms with Gasteiger partial charge in [0, 0.05) is 24.2 Å². The summed E-state index contributed by atoms with van der Waals surface area (Å²) in [5.74, 6) is 1.89. The van der Waals surface area contributed by atoms with Crippen LogP contribution in [-0.2, 0) is 0 Å². The molecular formula is C28H27ClN2O4. The number of imide groups is 1. The molecule has 1 saturated heterocycles. The molecule has 5 rings (SSSR count). The van der Waals surface area contributed by atoms with Gasteiger partial charge in [0.2, 0.25) is 0 Å². The number of hydrogen-bond donors (Lipinski definition) is 0. The lowest BCUT2D eigenvalue weighted by Gasteiger charge is -2.25. The summed E-state index contributed by atoms with van der Waals surface area (Å²) in [6.45, 7) is 2.87. The van der Waals surface area contributed by atoms with Gasteiger partial charge in [0.25, 0.3) is 11.8 Å². The van der Waals surface area contributed by atoms with Crippen LogP contribution in [0.1, 0.15) is 40.0 Å². The first kappa shape index (κ1) is 23.4. The van der Waals surface area contributed by atoms with Gasteiger partial charge in [-0.25, -0.2) is 0 Å². The lowest BCUT2D eigenvalue weighted by Crippen LogP contribution is -2.37. The number of amides is 2. The Kier molecular flexibility index (Phi) is 7.02. The zero-order valence-corrected chi connectivity index (χ0v) is 20.1. The lowest BCUT2D eigenvalue weighted by molar-refractivity contribution is 0.0644. The molecular weight excluding hydrogens is 464 g/mol. The van der Waals surface area contributed by atoms with Crippen molar-refractivity contribution in [1.29, 1.82) is 0 Å². The first-order chi connectivity index (χ1) is 17.1. The van der Waals surface area contributed by atoms with Crippen LogP contribution in [0.4, 0.5) is 0 Å². The van der Waals surface area contributed by atoms with Gasteiger partial charge in [-0.1, -0.05) is 23.7 Å². The van der Waals surface area contributed by atoms with Gasteiger partial charge >= 0.3 is 0 Å². The largest absolute Gasteiger partial charge is 0.492 e. The van der Waals surface area contributed by atoms with Crippen molar-refractivity contribution < 1.29 is 19.1 Å². The number of fused-ring (bicyclic) bond motifs is 1. The van der Waals surface area contributed by atoms with E-state index >= 15 is 0 Å². The molecule has 0 bridgehead atoms.